The van der Waals surface area contributed by atoms with Crippen molar-refractivity contribution in [2.45, 2.75) is 77.4 Å². The van der Waals surface area contributed by atoms with E-state index in [9.17, 15) is 18.0 Å². The number of nitrogens with zero attached hydrogens (tertiary/aromatic N) is 1. The number of carbonyl (C=O) groups is 1. The Labute approximate surface area is 176 Å². The van der Waals surface area contributed by atoms with Crippen LogP contribution in [0.5, 0.6) is 0 Å². The van der Waals surface area contributed by atoms with Gasteiger partial charge in [-0.15, -0.1) is 0 Å². The molecule has 1 aromatic carbocycles. The molecule has 2 fully saturated rings. The van der Waals surface area contributed by atoms with E-state index in [1.54, 1.807) is 26.8 Å². The van der Waals surface area contributed by atoms with Crippen molar-refractivity contribution >= 4 is 18.7 Å². The minimum absolute atomic E-state index is 0.207. The average molecular weight is 427 g/mol. The molecule has 5 nitrogen and oxygen atoms in total. The smallest absolute Gasteiger partial charge is 0.444 e. The molecule has 0 aromatic heterocycles. The molecular formula is C21H29BF3NO4. The van der Waals surface area contributed by atoms with Gasteiger partial charge in [0.2, 0.25) is 0 Å². The highest BCUT2D eigenvalue weighted by Crippen LogP contribution is 2.38. The molecule has 1 amide bonds. The zero-order chi connectivity index (χ0) is 22.7. The summed E-state index contributed by atoms with van der Waals surface area (Å²) < 4.78 is 57.9. The molecule has 2 saturated heterocycles. The van der Waals surface area contributed by atoms with E-state index in [1.807, 2.05) is 27.7 Å². The standard InChI is InChI=1S/C21H29BF3NO4/c1-18(2,3)28-17(27)26-11-14(12-26)13-8-15(21(23,24)25)10-16(9-13)22-29-19(4,5)20(6,7)30-22/h8-10,14H,11-12H2,1-7H3. The highest BCUT2D eigenvalue weighted by molar-refractivity contribution is 6.62. The lowest BCUT2D eigenvalue weighted by Crippen LogP contribution is -2.50. The molecule has 166 valence electrons. The van der Waals surface area contributed by atoms with Gasteiger partial charge in [-0.1, -0.05) is 12.1 Å². The van der Waals surface area contributed by atoms with Crippen molar-refractivity contribution in [2.75, 3.05) is 13.1 Å². The molecule has 0 unspecified atom stereocenters. The summed E-state index contributed by atoms with van der Waals surface area (Å²) in [5.41, 5.74) is -1.85. The van der Waals surface area contributed by atoms with Crippen LogP contribution in [-0.2, 0) is 20.2 Å². The van der Waals surface area contributed by atoms with Gasteiger partial charge in [0.1, 0.15) is 5.60 Å². The molecule has 1 aromatic rings. The Balaban J connectivity index is 1.83. The van der Waals surface area contributed by atoms with Crippen molar-refractivity contribution < 1.29 is 32.0 Å². The molecule has 0 radical (unpaired) electrons. The summed E-state index contributed by atoms with van der Waals surface area (Å²) in [7, 11) is -0.891. The van der Waals surface area contributed by atoms with E-state index in [0.717, 1.165) is 12.1 Å². The molecular weight excluding hydrogens is 398 g/mol. The molecule has 0 aliphatic carbocycles. The van der Waals surface area contributed by atoms with Crippen LogP contribution in [-0.4, -0.2) is 48.0 Å². The van der Waals surface area contributed by atoms with Crippen molar-refractivity contribution in [1.29, 1.82) is 0 Å². The van der Waals surface area contributed by atoms with Crippen molar-refractivity contribution in [3.63, 3.8) is 0 Å². The number of alkyl halides is 3. The number of benzene rings is 1. The Morgan fingerprint density at radius 1 is 1.07 bits per heavy atom. The van der Waals surface area contributed by atoms with Crippen molar-refractivity contribution in [1.82, 2.24) is 4.90 Å². The van der Waals surface area contributed by atoms with E-state index in [0.29, 0.717) is 24.1 Å². The summed E-state index contributed by atoms with van der Waals surface area (Å²) in [6, 6.07) is 3.91. The summed E-state index contributed by atoms with van der Waals surface area (Å²) in [4.78, 5) is 13.6. The maximum absolute atomic E-state index is 13.5. The van der Waals surface area contributed by atoms with Gasteiger partial charge in [-0.25, -0.2) is 4.79 Å². The SMILES string of the molecule is CC(C)(C)OC(=O)N1CC(c2cc(B3OC(C)(C)C(C)(C)O3)cc(C(F)(F)F)c2)C1. The molecule has 30 heavy (non-hydrogen) atoms. The monoisotopic (exact) mass is 427 g/mol. The maximum Gasteiger partial charge on any atom is 0.494 e. The third-order valence-electron chi connectivity index (χ3n) is 5.84. The zero-order valence-corrected chi connectivity index (χ0v) is 18.5. The van der Waals surface area contributed by atoms with E-state index < -0.39 is 41.8 Å². The molecule has 2 heterocycles. The first-order chi connectivity index (χ1) is 13.5. The van der Waals surface area contributed by atoms with E-state index in [4.69, 9.17) is 14.0 Å². The second-order valence-corrected chi connectivity index (χ2v) is 10.1. The van der Waals surface area contributed by atoms with Crippen molar-refractivity contribution in [2.24, 2.45) is 0 Å². The van der Waals surface area contributed by atoms with Crippen LogP contribution < -0.4 is 5.46 Å². The van der Waals surface area contributed by atoms with Crippen molar-refractivity contribution in [3.8, 4) is 0 Å². The minimum atomic E-state index is -4.50. The second kappa shape index (κ2) is 7.16. The number of amides is 1. The van der Waals surface area contributed by atoms with Gasteiger partial charge < -0.3 is 18.9 Å². The predicted molar refractivity (Wildman–Crippen MR) is 108 cm³/mol. The highest BCUT2D eigenvalue weighted by atomic mass is 19.4. The number of carbonyl (C=O) groups excluding carboxylic acids is 1. The Bertz CT molecular complexity index is 811. The fourth-order valence-corrected chi connectivity index (χ4v) is 3.36. The summed E-state index contributed by atoms with van der Waals surface area (Å²) in [5, 5.41) is 0. The first kappa shape index (κ1) is 22.9. The van der Waals surface area contributed by atoms with E-state index in [-0.39, 0.29) is 5.92 Å². The number of halogens is 3. The molecule has 9 heteroatoms. The highest BCUT2D eigenvalue weighted by Gasteiger charge is 2.52. The average Bonchev–Trinajstić information content (AvgIpc) is 2.71. The third kappa shape index (κ3) is 4.62. The van der Waals surface area contributed by atoms with Crippen LogP contribution in [0, 0.1) is 0 Å². The molecule has 0 saturated carbocycles. The number of hydrogen-bond acceptors (Lipinski definition) is 4. The van der Waals surface area contributed by atoms with E-state index >= 15 is 0 Å². The normalized spacial score (nSPS) is 21.5. The van der Waals surface area contributed by atoms with Crippen LogP contribution in [0.25, 0.3) is 0 Å². The Hall–Kier alpha value is -1.74. The fraction of sp³-hybridized carbons (Fsp3) is 0.667. The fourth-order valence-electron chi connectivity index (χ4n) is 3.36. The van der Waals surface area contributed by atoms with Gasteiger partial charge in [0.25, 0.3) is 0 Å². The zero-order valence-electron chi connectivity index (χ0n) is 18.5. The lowest BCUT2D eigenvalue weighted by Gasteiger charge is -2.40. The van der Waals surface area contributed by atoms with Crippen LogP contribution in [0.3, 0.4) is 0 Å². The van der Waals surface area contributed by atoms with Gasteiger partial charge in [0.05, 0.1) is 16.8 Å². The second-order valence-electron chi connectivity index (χ2n) is 10.1. The Morgan fingerprint density at radius 3 is 2.07 bits per heavy atom. The summed E-state index contributed by atoms with van der Waals surface area (Å²) in [6.07, 6.45) is -4.96. The van der Waals surface area contributed by atoms with Crippen LogP contribution in [0.2, 0.25) is 0 Å². The summed E-state index contributed by atoms with van der Waals surface area (Å²) >= 11 is 0. The first-order valence-electron chi connectivity index (χ1n) is 10.0. The van der Waals surface area contributed by atoms with Gasteiger partial charge in [-0.3, -0.25) is 0 Å². The Kier molecular flexibility index (Phi) is 5.47. The van der Waals surface area contributed by atoms with Gasteiger partial charge in [-0.2, -0.15) is 13.2 Å². The van der Waals surface area contributed by atoms with Gasteiger partial charge >= 0.3 is 19.4 Å². The largest absolute Gasteiger partial charge is 0.494 e. The predicted octanol–water partition coefficient (Wildman–Crippen LogP) is 4.34. The lowest BCUT2D eigenvalue weighted by atomic mass is 9.75. The van der Waals surface area contributed by atoms with Gasteiger partial charge in [-0.05, 0) is 65.6 Å². The number of rotatable bonds is 2. The van der Waals surface area contributed by atoms with Crippen LogP contribution >= 0.6 is 0 Å². The molecule has 0 spiro atoms. The number of hydrogen-bond donors (Lipinski definition) is 0. The van der Waals surface area contributed by atoms with Crippen molar-refractivity contribution in [3.05, 3.63) is 29.3 Å². The lowest BCUT2D eigenvalue weighted by molar-refractivity contribution is -0.137. The number of ether oxygens (including phenoxy) is 1. The quantitative estimate of drug-likeness (QED) is 0.659. The van der Waals surface area contributed by atoms with E-state index in [1.165, 1.54) is 4.90 Å². The van der Waals surface area contributed by atoms with E-state index in [2.05, 4.69) is 0 Å². The molecule has 0 N–H and O–H groups in total. The first-order valence-corrected chi connectivity index (χ1v) is 10.0. The minimum Gasteiger partial charge on any atom is -0.444 e. The maximum atomic E-state index is 13.5. The van der Waals surface area contributed by atoms with Crippen LogP contribution in [0.1, 0.15) is 65.5 Å². The Morgan fingerprint density at radius 2 is 1.60 bits per heavy atom. The summed E-state index contributed by atoms with van der Waals surface area (Å²) in [6.45, 7) is 13.3. The van der Waals surface area contributed by atoms with Crippen LogP contribution in [0.4, 0.5) is 18.0 Å². The van der Waals surface area contributed by atoms with Crippen LogP contribution in [0.15, 0.2) is 18.2 Å². The van der Waals surface area contributed by atoms with Gasteiger partial charge in [0.15, 0.2) is 0 Å². The van der Waals surface area contributed by atoms with Gasteiger partial charge in [0, 0.05) is 19.0 Å². The topological polar surface area (TPSA) is 48.0 Å². The molecule has 3 rings (SSSR count). The molecule has 0 bridgehead atoms. The number of likely N-dealkylation sites (tertiary alicyclic amines) is 1. The third-order valence-corrected chi connectivity index (χ3v) is 5.84. The molecule has 2 aliphatic heterocycles. The molecule has 2 aliphatic rings. The summed E-state index contributed by atoms with van der Waals surface area (Å²) in [5.74, 6) is -0.207. The molecule has 0 atom stereocenters.